The zero-order valence-electron chi connectivity index (χ0n) is 11.3. The summed E-state index contributed by atoms with van der Waals surface area (Å²) in [6.07, 6.45) is 0. The zero-order valence-corrected chi connectivity index (χ0v) is 12.9. The summed E-state index contributed by atoms with van der Waals surface area (Å²) in [5.41, 5.74) is 6.48. The lowest BCUT2D eigenvalue weighted by molar-refractivity contribution is 0.571. The number of thiophene rings is 1. The van der Waals surface area contributed by atoms with Gasteiger partial charge in [-0.2, -0.15) is 5.26 Å². The lowest BCUT2D eigenvalue weighted by Crippen LogP contribution is -2.14. The number of aryl methyl sites for hydroxylation is 1. The van der Waals surface area contributed by atoms with Crippen LogP contribution in [0.1, 0.15) is 16.0 Å². The third-order valence-corrected chi connectivity index (χ3v) is 5.60. The molecule has 0 bridgehead atoms. The van der Waals surface area contributed by atoms with Crippen LogP contribution in [0.25, 0.3) is 0 Å². The van der Waals surface area contributed by atoms with Gasteiger partial charge in [-0.05, 0) is 37.6 Å². The number of nitrogen functional groups attached to an aromatic ring is 1. The highest BCUT2D eigenvalue weighted by molar-refractivity contribution is 7.93. The van der Waals surface area contributed by atoms with Gasteiger partial charge < -0.3 is 5.73 Å². The first-order chi connectivity index (χ1) is 9.76. The summed E-state index contributed by atoms with van der Waals surface area (Å²) < 4.78 is 40.5. The van der Waals surface area contributed by atoms with Crippen LogP contribution in [0.15, 0.2) is 23.1 Å². The second kappa shape index (κ2) is 5.35. The largest absolute Gasteiger partial charge is 0.399 e. The summed E-state index contributed by atoms with van der Waals surface area (Å²) >= 11 is 1.14. The van der Waals surface area contributed by atoms with Gasteiger partial charge in [-0.15, -0.1) is 11.3 Å². The monoisotopic (exact) mass is 325 g/mol. The highest BCUT2D eigenvalue weighted by Gasteiger charge is 2.23. The summed E-state index contributed by atoms with van der Waals surface area (Å²) in [5, 5.41) is 9.29. The average molecular weight is 325 g/mol. The van der Waals surface area contributed by atoms with Gasteiger partial charge in [0.1, 0.15) is 21.8 Å². The number of nitrogens with one attached hydrogen (secondary N) is 1. The Morgan fingerprint density at radius 3 is 2.62 bits per heavy atom. The van der Waals surface area contributed by atoms with E-state index in [0.717, 1.165) is 28.3 Å². The molecule has 0 spiro atoms. The third-order valence-electron chi connectivity index (χ3n) is 2.97. The van der Waals surface area contributed by atoms with Gasteiger partial charge >= 0.3 is 0 Å². The van der Waals surface area contributed by atoms with Crippen LogP contribution in [-0.2, 0) is 10.0 Å². The number of anilines is 2. The van der Waals surface area contributed by atoms with Crippen LogP contribution in [0.2, 0.25) is 0 Å². The lowest BCUT2D eigenvalue weighted by atomic mass is 10.2. The van der Waals surface area contributed by atoms with Crippen molar-refractivity contribution in [1.29, 1.82) is 5.26 Å². The Balaban J connectivity index is 2.48. The Hall–Kier alpha value is -2.11. The Morgan fingerprint density at radius 1 is 1.38 bits per heavy atom. The SMILES string of the molecule is Cc1sc(NS(=O)(=O)c2ccc(N)cc2F)c(C#N)c1C. The first-order valence-electron chi connectivity index (χ1n) is 5.84. The molecule has 1 aromatic carbocycles. The number of hydrogen-bond donors (Lipinski definition) is 2. The first-order valence-corrected chi connectivity index (χ1v) is 8.14. The molecule has 0 unspecified atom stereocenters. The van der Waals surface area contributed by atoms with Gasteiger partial charge in [-0.1, -0.05) is 0 Å². The van der Waals surface area contributed by atoms with Crippen LogP contribution in [-0.4, -0.2) is 8.42 Å². The molecular weight excluding hydrogens is 313 g/mol. The standard InChI is InChI=1S/C13H12FN3O2S2/c1-7-8(2)20-13(10(7)6-15)17-21(18,19)12-4-3-9(16)5-11(12)14/h3-5,17H,16H2,1-2H3. The van der Waals surface area contributed by atoms with E-state index in [2.05, 4.69) is 4.72 Å². The predicted molar refractivity (Wildman–Crippen MR) is 80.1 cm³/mol. The molecule has 0 saturated heterocycles. The number of nitrogens with two attached hydrogens (primary N) is 1. The molecule has 1 heterocycles. The van der Waals surface area contributed by atoms with E-state index in [0.29, 0.717) is 5.56 Å². The minimum Gasteiger partial charge on any atom is -0.399 e. The molecule has 1 aromatic heterocycles. The molecule has 2 rings (SSSR count). The van der Waals surface area contributed by atoms with E-state index in [9.17, 15) is 12.8 Å². The van der Waals surface area contributed by atoms with Crippen LogP contribution in [0.5, 0.6) is 0 Å². The molecule has 0 aliphatic rings. The van der Waals surface area contributed by atoms with Crippen LogP contribution in [0, 0.1) is 31.0 Å². The van der Waals surface area contributed by atoms with E-state index in [1.165, 1.54) is 6.07 Å². The van der Waals surface area contributed by atoms with E-state index in [1.807, 2.05) is 6.07 Å². The van der Waals surface area contributed by atoms with Crippen molar-refractivity contribution in [2.45, 2.75) is 18.7 Å². The Morgan fingerprint density at radius 2 is 2.05 bits per heavy atom. The normalized spacial score (nSPS) is 11.1. The molecular formula is C13H12FN3O2S2. The molecule has 0 amide bonds. The average Bonchev–Trinajstić information content (AvgIpc) is 2.63. The Bertz CT molecular complexity index is 851. The van der Waals surface area contributed by atoms with Crippen molar-refractivity contribution in [3.8, 4) is 6.07 Å². The first kappa shape index (κ1) is 15.3. The number of halogens is 1. The van der Waals surface area contributed by atoms with Crippen molar-refractivity contribution in [3.63, 3.8) is 0 Å². The molecule has 5 nitrogen and oxygen atoms in total. The summed E-state index contributed by atoms with van der Waals surface area (Å²) in [7, 11) is -4.12. The third kappa shape index (κ3) is 2.84. The van der Waals surface area contributed by atoms with Crippen molar-refractivity contribution in [3.05, 3.63) is 40.0 Å². The number of nitrogens with zero attached hydrogens (tertiary/aromatic N) is 1. The molecule has 21 heavy (non-hydrogen) atoms. The molecule has 8 heteroatoms. The summed E-state index contributed by atoms with van der Waals surface area (Å²) in [5.74, 6) is -0.939. The number of nitriles is 1. The highest BCUT2D eigenvalue weighted by atomic mass is 32.2. The van der Waals surface area contributed by atoms with Gasteiger partial charge in [-0.25, -0.2) is 12.8 Å². The summed E-state index contributed by atoms with van der Waals surface area (Å²) in [6, 6.07) is 5.28. The minimum atomic E-state index is -4.12. The fraction of sp³-hybridized carbons (Fsp3) is 0.154. The van der Waals surface area contributed by atoms with Gasteiger partial charge in [0.05, 0.1) is 5.56 Å². The van der Waals surface area contributed by atoms with Crippen LogP contribution in [0.3, 0.4) is 0 Å². The van der Waals surface area contributed by atoms with E-state index >= 15 is 0 Å². The minimum absolute atomic E-state index is 0.131. The fourth-order valence-electron chi connectivity index (χ4n) is 1.75. The quantitative estimate of drug-likeness (QED) is 0.848. The number of sulfonamides is 1. The fourth-order valence-corrected chi connectivity index (χ4v) is 4.12. The molecule has 3 N–H and O–H groups in total. The van der Waals surface area contributed by atoms with Crippen LogP contribution in [0.4, 0.5) is 15.1 Å². The molecule has 0 aliphatic carbocycles. The number of rotatable bonds is 3. The number of benzene rings is 1. The van der Waals surface area contributed by atoms with Gasteiger partial charge in [0.2, 0.25) is 0 Å². The van der Waals surface area contributed by atoms with E-state index in [-0.39, 0.29) is 16.3 Å². The summed E-state index contributed by atoms with van der Waals surface area (Å²) in [6.45, 7) is 3.51. The maximum Gasteiger partial charge on any atom is 0.265 e. The van der Waals surface area contributed by atoms with Gasteiger partial charge in [0.15, 0.2) is 0 Å². The molecule has 0 atom stereocenters. The second-order valence-corrected chi connectivity index (χ2v) is 7.27. The predicted octanol–water partition coefficient (Wildman–Crippen LogP) is 2.76. The molecule has 2 aromatic rings. The van der Waals surface area contributed by atoms with Crippen LogP contribution >= 0.6 is 11.3 Å². The summed E-state index contributed by atoms with van der Waals surface area (Å²) in [4.78, 5) is 0.311. The van der Waals surface area contributed by atoms with E-state index in [4.69, 9.17) is 11.0 Å². The topological polar surface area (TPSA) is 96.0 Å². The van der Waals surface area contributed by atoms with Gasteiger partial charge in [0.25, 0.3) is 10.0 Å². The van der Waals surface area contributed by atoms with Crippen molar-refractivity contribution in [2.24, 2.45) is 0 Å². The molecule has 0 radical (unpaired) electrons. The van der Waals surface area contributed by atoms with Crippen molar-refractivity contribution >= 4 is 32.0 Å². The van der Waals surface area contributed by atoms with E-state index in [1.54, 1.807) is 13.8 Å². The Kier molecular flexibility index (Phi) is 3.89. The molecule has 110 valence electrons. The van der Waals surface area contributed by atoms with Gasteiger partial charge in [0, 0.05) is 10.6 Å². The second-order valence-electron chi connectivity index (χ2n) is 4.39. The highest BCUT2D eigenvalue weighted by Crippen LogP contribution is 2.33. The van der Waals surface area contributed by atoms with Crippen molar-refractivity contribution in [2.75, 3.05) is 10.5 Å². The maximum atomic E-state index is 13.8. The number of hydrogen-bond acceptors (Lipinski definition) is 5. The molecule has 0 fully saturated rings. The zero-order chi connectivity index (χ0) is 15.8. The lowest BCUT2D eigenvalue weighted by Gasteiger charge is -2.08. The Labute approximate surface area is 125 Å². The van der Waals surface area contributed by atoms with Gasteiger partial charge in [-0.3, -0.25) is 4.72 Å². The van der Waals surface area contributed by atoms with Crippen LogP contribution < -0.4 is 10.5 Å². The molecule has 0 saturated carbocycles. The smallest absolute Gasteiger partial charge is 0.265 e. The van der Waals surface area contributed by atoms with Crippen molar-refractivity contribution in [1.82, 2.24) is 0 Å². The van der Waals surface area contributed by atoms with E-state index < -0.39 is 20.7 Å². The molecule has 0 aliphatic heterocycles. The maximum absolute atomic E-state index is 13.8. The van der Waals surface area contributed by atoms with Crippen molar-refractivity contribution < 1.29 is 12.8 Å².